The Labute approximate surface area is 91.6 Å². The van der Waals surface area contributed by atoms with Gasteiger partial charge in [-0.15, -0.1) is 0 Å². The quantitative estimate of drug-likeness (QED) is 0.657. The van der Waals surface area contributed by atoms with Crippen LogP contribution >= 0.6 is 0 Å². The van der Waals surface area contributed by atoms with Gasteiger partial charge in [0, 0.05) is 12.6 Å². The molecule has 2 rings (SSSR count). The Bertz CT molecular complexity index is 413. The van der Waals surface area contributed by atoms with E-state index in [4.69, 9.17) is 0 Å². The van der Waals surface area contributed by atoms with E-state index in [-0.39, 0.29) is 0 Å². The maximum absolute atomic E-state index is 4.44. The Morgan fingerprint density at radius 3 is 2.80 bits per heavy atom. The smallest absolute Gasteiger partial charge is 0.0674 e. The Morgan fingerprint density at radius 1 is 1.27 bits per heavy atom. The molecule has 0 fully saturated rings. The molecule has 0 aromatic heterocycles. The molecule has 1 aromatic rings. The molecule has 0 heterocycles. The largest absolute Gasteiger partial charge is 0.288 e. The van der Waals surface area contributed by atoms with Crippen LogP contribution in [-0.4, -0.2) is 12.8 Å². The van der Waals surface area contributed by atoms with Gasteiger partial charge in [0.2, 0.25) is 0 Å². The van der Waals surface area contributed by atoms with Gasteiger partial charge < -0.3 is 0 Å². The lowest BCUT2D eigenvalue weighted by atomic mass is 9.86. The van der Waals surface area contributed by atoms with Crippen molar-refractivity contribution in [3.63, 3.8) is 0 Å². The molecule has 0 unspecified atom stereocenters. The van der Waals surface area contributed by atoms with Crippen LogP contribution in [0.4, 0.5) is 0 Å². The third kappa shape index (κ3) is 1.87. The first-order chi connectivity index (χ1) is 7.36. The van der Waals surface area contributed by atoms with Gasteiger partial charge in [-0.3, -0.25) is 4.99 Å². The maximum atomic E-state index is 4.44. The second-order valence-corrected chi connectivity index (χ2v) is 3.87. The molecule has 1 nitrogen and oxygen atoms in total. The molecule has 0 atom stereocenters. The van der Waals surface area contributed by atoms with Crippen LogP contribution in [0, 0.1) is 0 Å². The monoisotopic (exact) mass is 199 g/mol. The summed E-state index contributed by atoms with van der Waals surface area (Å²) in [6.45, 7) is 2.18. The van der Waals surface area contributed by atoms with Gasteiger partial charge in [0.15, 0.2) is 0 Å². The molecule has 0 saturated carbocycles. The zero-order valence-electron chi connectivity index (χ0n) is 9.46. The maximum Gasteiger partial charge on any atom is 0.0674 e. The van der Waals surface area contributed by atoms with Crippen LogP contribution in [0.1, 0.15) is 30.9 Å². The van der Waals surface area contributed by atoms with Crippen molar-refractivity contribution in [1.82, 2.24) is 0 Å². The molecule has 78 valence electrons. The number of benzene rings is 1. The molecule has 1 heteroatoms. The Kier molecular flexibility index (Phi) is 3.00. The molecule has 0 aliphatic heterocycles. The number of rotatable bonds is 1. The highest BCUT2D eigenvalue weighted by Crippen LogP contribution is 2.25. The van der Waals surface area contributed by atoms with Crippen molar-refractivity contribution in [1.29, 1.82) is 0 Å². The summed E-state index contributed by atoms with van der Waals surface area (Å²) in [5.74, 6) is 0. The summed E-state index contributed by atoms with van der Waals surface area (Å²) >= 11 is 0. The zero-order chi connectivity index (χ0) is 10.7. The van der Waals surface area contributed by atoms with Crippen LogP contribution in [0.2, 0.25) is 0 Å². The summed E-state index contributed by atoms with van der Waals surface area (Å²) in [6.07, 6.45) is 5.69. The third-order valence-corrected chi connectivity index (χ3v) is 2.91. The van der Waals surface area contributed by atoms with Crippen molar-refractivity contribution in [3.8, 4) is 0 Å². The van der Waals surface area contributed by atoms with E-state index in [1.165, 1.54) is 22.4 Å². The highest BCUT2D eigenvalue weighted by atomic mass is 14.7. The second kappa shape index (κ2) is 4.43. The average molecular weight is 199 g/mol. The van der Waals surface area contributed by atoms with Crippen molar-refractivity contribution in [3.05, 3.63) is 47.0 Å². The van der Waals surface area contributed by atoms with Crippen molar-refractivity contribution in [2.75, 3.05) is 7.05 Å². The summed E-state index contributed by atoms with van der Waals surface area (Å²) in [5.41, 5.74) is 5.37. The molecule has 0 amide bonds. The lowest BCUT2D eigenvalue weighted by Gasteiger charge is -2.20. The Balaban J connectivity index is 2.49. The minimum absolute atomic E-state index is 1.09. The minimum Gasteiger partial charge on any atom is -0.288 e. The normalized spacial score (nSPS) is 20.7. The number of allylic oxidation sites excluding steroid dienone is 2. The number of aliphatic imine (C=N–C) groups is 1. The lowest BCUT2D eigenvalue weighted by Crippen LogP contribution is -2.15. The van der Waals surface area contributed by atoms with E-state index in [2.05, 4.69) is 42.3 Å². The molecule has 0 bridgehead atoms. The number of nitrogens with zero attached hydrogens (tertiary/aromatic N) is 1. The summed E-state index contributed by atoms with van der Waals surface area (Å²) < 4.78 is 0. The van der Waals surface area contributed by atoms with E-state index in [9.17, 15) is 0 Å². The van der Waals surface area contributed by atoms with Crippen LogP contribution in [0.25, 0.3) is 0 Å². The first-order valence-corrected chi connectivity index (χ1v) is 5.61. The van der Waals surface area contributed by atoms with E-state index in [1.54, 1.807) is 0 Å². The molecule has 0 radical (unpaired) electrons. The van der Waals surface area contributed by atoms with E-state index in [1.807, 2.05) is 7.05 Å². The van der Waals surface area contributed by atoms with Gasteiger partial charge in [0.05, 0.1) is 5.71 Å². The van der Waals surface area contributed by atoms with E-state index in [0.29, 0.717) is 0 Å². The standard InChI is InChI=1S/C14H17N/c1-3-6-12-10-9-11-7-4-5-8-13(11)14(12)15-2/h4-8H,3,9-10H2,1-2H3. The molecule has 15 heavy (non-hydrogen) atoms. The van der Waals surface area contributed by atoms with E-state index >= 15 is 0 Å². The number of fused-ring (bicyclic) bond motifs is 1. The molecule has 0 spiro atoms. The van der Waals surface area contributed by atoms with Crippen molar-refractivity contribution < 1.29 is 0 Å². The predicted molar refractivity (Wildman–Crippen MR) is 65.6 cm³/mol. The number of aryl methyl sites for hydroxylation is 1. The van der Waals surface area contributed by atoms with Gasteiger partial charge in [0.25, 0.3) is 0 Å². The predicted octanol–water partition coefficient (Wildman–Crippen LogP) is 3.39. The topological polar surface area (TPSA) is 12.4 Å². The summed E-state index contributed by atoms with van der Waals surface area (Å²) in [7, 11) is 1.89. The van der Waals surface area contributed by atoms with Crippen molar-refractivity contribution >= 4 is 5.71 Å². The molecule has 0 saturated heterocycles. The highest BCUT2D eigenvalue weighted by molar-refractivity contribution is 6.14. The first-order valence-electron chi connectivity index (χ1n) is 5.61. The van der Waals surface area contributed by atoms with Gasteiger partial charge in [-0.25, -0.2) is 0 Å². The Morgan fingerprint density at radius 2 is 2.07 bits per heavy atom. The van der Waals surface area contributed by atoms with Crippen LogP contribution < -0.4 is 0 Å². The van der Waals surface area contributed by atoms with Crippen molar-refractivity contribution in [2.45, 2.75) is 26.2 Å². The Hall–Kier alpha value is -1.37. The van der Waals surface area contributed by atoms with Crippen LogP contribution in [0.5, 0.6) is 0 Å². The van der Waals surface area contributed by atoms with Gasteiger partial charge >= 0.3 is 0 Å². The molecule has 1 aromatic carbocycles. The van der Waals surface area contributed by atoms with Crippen LogP contribution in [0.15, 0.2) is 40.9 Å². The minimum atomic E-state index is 1.09. The number of hydrogen-bond acceptors (Lipinski definition) is 1. The van der Waals surface area contributed by atoms with E-state index < -0.39 is 0 Å². The fourth-order valence-electron chi connectivity index (χ4n) is 2.24. The van der Waals surface area contributed by atoms with Crippen molar-refractivity contribution in [2.24, 2.45) is 4.99 Å². The van der Waals surface area contributed by atoms with Gasteiger partial charge in [-0.1, -0.05) is 37.3 Å². The highest BCUT2D eigenvalue weighted by Gasteiger charge is 2.17. The second-order valence-electron chi connectivity index (χ2n) is 3.87. The van der Waals surface area contributed by atoms with Gasteiger partial charge in [0.1, 0.15) is 0 Å². The molecule has 0 N–H and O–H groups in total. The first kappa shape index (κ1) is 10.2. The van der Waals surface area contributed by atoms with E-state index in [0.717, 1.165) is 19.3 Å². The molecular formula is C14H17N. The number of hydrogen-bond donors (Lipinski definition) is 0. The zero-order valence-corrected chi connectivity index (χ0v) is 9.46. The summed E-state index contributed by atoms with van der Waals surface area (Å²) in [6, 6.07) is 8.60. The summed E-state index contributed by atoms with van der Waals surface area (Å²) in [4.78, 5) is 4.44. The lowest BCUT2D eigenvalue weighted by molar-refractivity contribution is 0.938. The van der Waals surface area contributed by atoms with Crippen LogP contribution in [-0.2, 0) is 6.42 Å². The van der Waals surface area contributed by atoms with Gasteiger partial charge in [-0.2, -0.15) is 0 Å². The fourth-order valence-corrected chi connectivity index (χ4v) is 2.24. The van der Waals surface area contributed by atoms with Gasteiger partial charge in [-0.05, 0) is 30.4 Å². The molecule has 1 aliphatic rings. The van der Waals surface area contributed by atoms with Crippen LogP contribution in [0.3, 0.4) is 0 Å². The average Bonchev–Trinajstić information content (AvgIpc) is 2.29. The third-order valence-electron chi connectivity index (χ3n) is 2.91. The molecular weight excluding hydrogens is 182 g/mol. The SMILES string of the molecule is CCC=C1CCc2ccccc2C1=NC. The summed E-state index contributed by atoms with van der Waals surface area (Å²) in [5, 5.41) is 0. The molecule has 1 aliphatic carbocycles. The fraction of sp³-hybridized carbons (Fsp3) is 0.357.